The van der Waals surface area contributed by atoms with E-state index in [1.165, 1.54) is 0 Å². The van der Waals surface area contributed by atoms with E-state index in [4.69, 9.17) is 0 Å². The first-order valence-corrected chi connectivity index (χ1v) is 9.57. The zero-order valence-electron chi connectivity index (χ0n) is 16.9. The minimum Gasteiger partial charge on any atom is -0.357 e. The number of amides is 1. The van der Waals surface area contributed by atoms with Gasteiger partial charge < -0.3 is 20.5 Å². The maximum atomic E-state index is 12.1. The Morgan fingerprint density at radius 2 is 1.86 bits per heavy atom. The molecule has 0 aliphatic carbocycles. The lowest BCUT2D eigenvalue weighted by atomic mass is 10.2. The Labute approximate surface area is 184 Å². The highest BCUT2D eigenvalue weighted by molar-refractivity contribution is 14.0. The van der Waals surface area contributed by atoms with E-state index in [0.717, 1.165) is 36.7 Å². The van der Waals surface area contributed by atoms with Crippen LogP contribution in [0.4, 0.5) is 0 Å². The van der Waals surface area contributed by atoms with Crippen LogP contribution in [0.15, 0.2) is 41.5 Å². The predicted molar refractivity (Wildman–Crippen MR) is 125 cm³/mol. The zero-order valence-corrected chi connectivity index (χ0v) is 19.2. The molecule has 0 aliphatic heterocycles. The first-order valence-electron chi connectivity index (χ1n) is 9.57. The van der Waals surface area contributed by atoms with Crippen molar-refractivity contribution in [3.05, 3.63) is 42.4 Å². The monoisotopic (exact) mass is 498 g/mol. The maximum Gasteiger partial charge on any atom is 0.224 e. The number of carbonyl (C=O) groups excluding carboxylic acids is 1. The van der Waals surface area contributed by atoms with E-state index < -0.39 is 0 Å². The second-order valence-corrected chi connectivity index (χ2v) is 6.05. The molecule has 8 heteroatoms. The average molecular weight is 498 g/mol. The molecule has 2 rings (SSSR count). The van der Waals surface area contributed by atoms with E-state index in [-0.39, 0.29) is 29.9 Å². The summed E-state index contributed by atoms with van der Waals surface area (Å²) in [5, 5.41) is 6.41. The van der Waals surface area contributed by atoms with Gasteiger partial charge in [-0.1, -0.05) is 30.3 Å². The fourth-order valence-electron chi connectivity index (χ4n) is 2.73. The first-order chi connectivity index (χ1) is 13.2. The van der Waals surface area contributed by atoms with E-state index in [1.807, 2.05) is 62.2 Å². The van der Waals surface area contributed by atoms with Gasteiger partial charge in [-0.3, -0.25) is 4.79 Å². The van der Waals surface area contributed by atoms with Crippen molar-refractivity contribution in [1.29, 1.82) is 0 Å². The third-order valence-electron chi connectivity index (χ3n) is 4.19. The third-order valence-corrected chi connectivity index (χ3v) is 4.19. The van der Waals surface area contributed by atoms with Gasteiger partial charge in [0.2, 0.25) is 5.91 Å². The maximum absolute atomic E-state index is 12.1. The van der Waals surface area contributed by atoms with Gasteiger partial charge in [-0.05, 0) is 26.3 Å². The Bertz CT molecular complexity index is 727. The highest BCUT2D eigenvalue weighted by atomic mass is 127. The van der Waals surface area contributed by atoms with Gasteiger partial charge in [0, 0.05) is 32.6 Å². The normalized spacial score (nSPS) is 10.9. The van der Waals surface area contributed by atoms with Crippen molar-refractivity contribution in [1.82, 2.24) is 25.5 Å². The summed E-state index contributed by atoms with van der Waals surface area (Å²) in [5.74, 6) is 1.63. The molecule has 0 saturated carbocycles. The Balaban J connectivity index is 0.00000392. The molecule has 0 atom stereocenters. The highest BCUT2D eigenvalue weighted by Gasteiger charge is 2.09. The summed E-state index contributed by atoms with van der Waals surface area (Å²) in [6, 6.07) is 10.1. The highest BCUT2D eigenvalue weighted by Crippen LogP contribution is 2.16. The standard InChI is InChI=1S/C20H30N6O.HI/c1-4-21-20(22-13-12-19(27)26(5-2)6-3)24-15-18-23-14-17(25-18)16-10-8-7-9-11-16;/h7-11,14H,4-6,12-13,15H2,1-3H3,(H,23,25)(H2,21,22,24);1H. The molecule has 0 bridgehead atoms. The van der Waals surface area contributed by atoms with Crippen LogP contribution in [0.2, 0.25) is 0 Å². The number of aliphatic imine (C=N–C) groups is 1. The van der Waals surface area contributed by atoms with Gasteiger partial charge in [-0.15, -0.1) is 24.0 Å². The van der Waals surface area contributed by atoms with Gasteiger partial charge in [0.25, 0.3) is 0 Å². The first kappa shape index (κ1) is 23.9. The quantitative estimate of drug-likeness (QED) is 0.282. The Kier molecular flexibility index (Phi) is 11.2. The predicted octanol–water partition coefficient (Wildman–Crippen LogP) is 3.01. The number of aromatic nitrogens is 2. The third kappa shape index (κ3) is 7.49. The second-order valence-electron chi connectivity index (χ2n) is 6.05. The van der Waals surface area contributed by atoms with Crippen molar-refractivity contribution in [3.63, 3.8) is 0 Å². The molecular weight excluding hydrogens is 467 g/mol. The minimum absolute atomic E-state index is 0. The zero-order chi connectivity index (χ0) is 19.5. The largest absolute Gasteiger partial charge is 0.357 e. The van der Waals surface area contributed by atoms with Crippen LogP contribution in [-0.4, -0.2) is 52.9 Å². The molecule has 0 radical (unpaired) electrons. The van der Waals surface area contributed by atoms with Crippen molar-refractivity contribution in [2.24, 2.45) is 4.99 Å². The number of benzene rings is 1. The number of imidazole rings is 1. The molecule has 1 heterocycles. The van der Waals surface area contributed by atoms with E-state index in [9.17, 15) is 4.79 Å². The smallest absolute Gasteiger partial charge is 0.224 e. The van der Waals surface area contributed by atoms with Crippen molar-refractivity contribution in [2.75, 3.05) is 26.2 Å². The molecule has 0 saturated heterocycles. The molecule has 3 N–H and O–H groups in total. The molecule has 2 aromatic rings. The summed E-state index contributed by atoms with van der Waals surface area (Å²) >= 11 is 0. The summed E-state index contributed by atoms with van der Waals surface area (Å²) in [4.78, 5) is 26.2. The van der Waals surface area contributed by atoms with Crippen molar-refractivity contribution < 1.29 is 4.79 Å². The van der Waals surface area contributed by atoms with Crippen LogP contribution in [0.3, 0.4) is 0 Å². The van der Waals surface area contributed by atoms with Crippen LogP contribution >= 0.6 is 24.0 Å². The number of nitrogens with zero attached hydrogens (tertiary/aromatic N) is 3. The van der Waals surface area contributed by atoms with Crippen LogP contribution in [0.1, 0.15) is 33.0 Å². The Hall–Kier alpha value is -2.10. The lowest BCUT2D eigenvalue weighted by Gasteiger charge is -2.19. The molecule has 0 spiro atoms. The number of rotatable bonds is 9. The summed E-state index contributed by atoms with van der Waals surface area (Å²) in [5.41, 5.74) is 2.07. The summed E-state index contributed by atoms with van der Waals surface area (Å²) in [6.45, 7) is 9.22. The summed E-state index contributed by atoms with van der Waals surface area (Å²) in [7, 11) is 0. The number of guanidine groups is 1. The van der Waals surface area contributed by atoms with Crippen molar-refractivity contribution in [2.45, 2.75) is 33.7 Å². The van der Waals surface area contributed by atoms with Gasteiger partial charge in [-0.2, -0.15) is 0 Å². The van der Waals surface area contributed by atoms with Crippen LogP contribution in [-0.2, 0) is 11.3 Å². The molecule has 0 aliphatic rings. The van der Waals surface area contributed by atoms with E-state index in [1.54, 1.807) is 0 Å². The molecule has 1 amide bonds. The number of nitrogens with one attached hydrogen (secondary N) is 3. The molecular formula is C20H31IN6O. The molecule has 0 fully saturated rings. The SMILES string of the molecule is CCNC(=NCc1ncc(-c2ccccc2)[nH]1)NCCC(=O)N(CC)CC.I. The number of hydrogen-bond acceptors (Lipinski definition) is 3. The van der Waals surface area contributed by atoms with Crippen LogP contribution in [0.5, 0.6) is 0 Å². The van der Waals surface area contributed by atoms with Gasteiger partial charge in [0.1, 0.15) is 12.4 Å². The Morgan fingerprint density at radius 3 is 2.50 bits per heavy atom. The fraction of sp³-hybridized carbons (Fsp3) is 0.450. The topological polar surface area (TPSA) is 85.4 Å². The van der Waals surface area contributed by atoms with Crippen molar-refractivity contribution in [3.8, 4) is 11.3 Å². The molecule has 1 aromatic carbocycles. The van der Waals surface area contributed by atoms with E-state index in [2.05, 4.69) is 25.6 Å². The number of aromatic amines is 1. The molecule has 154 valence electrons. The number of H-pyrrole nitrogens is 1. The lowest BCUT2D eigenvalue weighted by molar-refractivity contribution is -0.130. The number of carbonyl (C=O) groups is 1. The van der Waals surface area contributed by atoms with Crippen molar-refractivity contribution >= 4 is 35.8 Å². The molecule has 0 unspecified atom stereocenters. The van der Waals surface area contributed by atoms with Gasteiger partial charge in [0.05, 0.1) is 11.9 Å². The minimum atomic E-state index is 0. The van der Waals surface area contributed by atoms with E-state index >= 15 is 0 Å². The average Bonchev–Trinajstić information content (AvgIpc) is 3.17. The van der Waals surface area contributed by atoms with Gasteiger partial charge in [0.15, 0.2) is 5.96 Å². The van der Waals surface area contributed by atoms with Gasteiger partial charge >= 0.3 is 0 Å². The lowest BCUT2D eigenvalue weighted by Crippen LogP contribution is -2.40. The van der Waals surface area contributed by atoms with Crippen LogP contribution < -0.4 is 10.6 Å². The second kappa shape index (κ2) is 13.1. The van der Waals surface area contributed by atoms with Crippen LogP contribution in [0.25, 0.3) is 11.3 Å². The van der Waals surface area contributed by atoms with Gasteiger partial charge in [-0.25, -0.2) is 9.98 Å². The van der Waals surface area contributed by atoms with Crippen LogP contribution in [0, 0.1) is 0 Å². The Morgan fingerprint density at radius 1 is 1.14 bits per heavy atom. The summed E-state index contributed by atoms with van der Waals surface area (Å²) < 4.78 is 0. The number of halogens is 1. The molecule has 28 heavy (non-hydrogen) atoms. The molecule has 7 nitrogen and oxygen atoms in total. The summed E-state index contributed by atoms with van der Waals surface area (Å²) in [6.07, 6.45) is 2.27. The van der Waals surface area contributed by atoms with E-state index in [0.29, 0.717) is 25.5 Å². The number of hydrogen-bond donors (Lipinski definition) is 3. The fourth-order valence-corrected chi connectivity index (χ4v) is 2.73. The molecule has 1 aromatic heterocycles.